The number of phenols is 1. The number of nitrogens with zero attached hydrogens (tertiary/aromatic N) is 5. The van der Waals surface area contributed by atoms with Crippen molar-refractivity contribution in [2.75, 3.05) is 5.73 Å². The SMILES string of the molecule is Nc1cc2c(O)c(N=Nc3ccc(N=Nc4cc5ccccc5cn4)c4cc(S(=O)(=O)O)ccc34)c(S(=O)(=O)O)cc2cc1S(=O)(=O)O. The summed E-state index contributed by atoms with van der Waals surface area (Å²) in [5.41, 5.74) is 4.62. The summed E-state index contributed by atoms with van der Waals surface area (Å²) in [5, 5.41) is 28.9. The van der Waals surface area contributed by atoms with Gasteiger partial charge in [-0.15, -0.1) is 20.5 Å². The van der Waals surface area contributed by atoms with Gasteiger partial charge in [-0.05, 0) is 59.3 Å². The Bertz CT molecular complexity index is 2740. The van der Waals surface area contributed by atoms with Crippen LogP contribution in [0, 0.1) is 0 Å². The van der Waals surface area contributed by atoms with Gasteiger partial charge in [0.15, 0.2) is 11.6 Å². The Kier molecular flexibility index (Phi) is 7.90. The minimum absolute atomic E-state index is 0.00307. The molecule has 0 saturated carbocycles. The van der Waals surface area contributed by atoms with Crippen molar-refractivity contribution in [3.8, 4) is 5.75 Å². The third-order valence-electron chi connectivity index (χ3n) is 7.11. The number of nitrogens with two attached hydrogens (primary N) is 1. The van der Waals surface area contributed by atoms with Crippen LogP contribution in [0.25, 0.3) is 32.3 Å². The second kappa shape index (κ2) is 11.7. The summed E-state index contributed by atoms with van der Waals surface area (Å²) < 4.78 is 101. The summed E-state index contributed by atoms with van der Waals surface area (Å²) >= 11 is 0. The number of fused-ring (bicyclic) bond motifs is 3. The van der Waals surface area contributed by atoms with Gasteiger partial charge in [0.2, 0.25) is 0 Å². The van der Waals surface area contributed by atoms with Crippen molar-refractivity contribution in [1.82, 2.24) is 4.98 Å². The van der Waals surface area contributed by atoms with Gasteiger partial charge in [0.25, 0.3) is 30.4 Å². The number of rotatable bonds is 7. The molecule has 0 saturated heterocycles. The molecule has 0 bridgehead atoms. The number of aromatic hydroxyl groups is 1. The molecule has 0 fully saturated rings. The number of pyridine rings is 1. The van der Waals surface area contributed by atoms with Crippen LogP contribution in [0.15, 0.2) is 120 Å². The van der Waals surface area contributed by atoms with E-state index in [2.05, 4.69) is 25.4 Å². The first-order chi connectivity index (χ1) is 22.5. The zero-order valence-electron chi connectivity index (χ0n) is 23.9. The highest BCUT2D eigenvalue weighted by Gasteiger charge is 2.25. The molecule has 1 heterocycles. The molecular weight excluding hydrogens is 689 g/mol. The summed E-state index contributed by atoms with van der Waals surface area (Å²) in [7, 11) is -14.6. The van der Waals surface area contributed by atoms with Crippen LogP contribution < -0.4 is 5.73 Å². The molecule has 19 heteroatoms. The smallest absolute Gasteiger partial charge is 0.296 e. The van der Waals surface area contributed by atoms with E-state index in [0.29, 0.717) is 0 Å². The molecule has 48 heavy (non-hydrogen) atoms. The maximum absolute atomic E-state index is 12.3. The van der Waals surface area contributed by atoms with Crippen molar-refractivity contribution >= 4 is 91.2 Å². The quantitative estimate of drug-likeness (QED) is 0.0684. The van der Waals surface area contributed by atoms with Crippen molar-refractivity contribution in [3.63, 3.8) is 0 Å². The van der Waals surface area contributed by atoms with Gasteiger partial charge in [-0.2, -0.15) is 25.3 Å². The maximum Gasteiger partial charge on any atom is 0.296 e. The van der Waals surface area contributed by atoms with Crippen molar-refractivity contribution in [1.29, 1.82) is 0 Å². The lowest BCUT2D eigenvalue weighted by molar-refractivity contribution is 0.472. The highest BCUT2D eigenvalue weighted by Crippen LogP contribution is 2.44. The number of azo groups is 2. The molecule has 5 aromatic carbocycles. The van der Waals surface area contributed by atoms with E-state index in [9.17, 15) is 44.0 Å². The minimum atomic E-state index is -5.11. The molecule has 0 atom stereocenters. The van der Waals surface area contributed by atoms with E-state index in [4.69, 9.17) is 5.73 Å². The molecule has 244 valence electrons. The highest BCUT2D eigenvalue weighted by molar-refractivity contribution is 7.86. The molecule has 0 aliphatic carbocycles. The largest absolute Gasteiger partial charge is 0.505 e. The van der Waals surface area contributed by atoms with Gasteiger partial charge in [0.1, 0.15) is 15.5 Å². The Morgan fingerprint density at radius 3 is 1.88 bits per heavy atom. The van der Waals surface area contributed by atoms with E-state index in [1.807, 2.05) is 24.3 Å². The van der Waals surface area contributed by atoms with Crippen LogP contribution in [-0.2, 0) is 30.4 Å². The van der Waals surface area contributed by atoms with Crippen LogP contribution in [0.4, 0.5) is 28.6 Å². The van der Waals surface area contributed by atoms with Crippen LogP contribution in [0.5, 0.6) is 5.75 Å². The fourth-order valence-corrected chi connectivity index (χ4v) is 6.67. The molecule has 6 N–H and O–H groups in total. The van der Waals surface area contributed by atoms with E-state index in [-0.39, 0.29) is 38.7 Å². The molecule has 0 spiro atoms. The number of phenolic OH excluding ortho intramolecular Hbond substituents is 1. The molecule has 1 aromatic heterocycles. The van der Waals surface area contributed by atoms with E-state index in [0.717, 1.165) is 41.1 Å². The van der Waals surface area contributed by atoms with Crippen LogP contribution in [0.3, 0.4) is 0 Å². The molecule has 0 unspecified atom stereocenters. The molecule has 6 rings (SSSR count). The Labute approximate surface area is 271 Å². The van der Waals surface area contributed by atoms with Crippen LogP contribution >= 0.6 is 0 Å². The summed E-state index contributed by atoms with van der Waals surface area (Å²) in [4.78, 5) is 2.03. The summed E-state index contributed by atoms with van der Waals surface area (Å²) in [6, 6.07) is 17.9. The number of nitrogen functional groups attached to an aromatic ring is 1. The van der Waals surface area contributed by atoms with Gasteiger partial charge in [-0.1, -0.05) is 30.3 Å². The summed E-state index contributed by atoms with van der Waals surface area (Å²) in [5.74, 6) is -0.617. The topological polar surface area (TPSA) is 272 Å². The molecule has 0 aliphatic heterocycles. The lowest BCUT2D eigenvalue weighted by Gasteiger charge is -2.11. The number of aromatic nitrogens is 1. The fraction of sp³-hybridized carbons (Fsp3) is 0. The minimum Gasteiger partial charge on any atom is -0.505 e. The average molecular weight is 709 g/mol. The second-order valence-corrected chi connectivity index (χ2v) is 14.4. The zero-order valence-corrected chi connectivity index (χ0v) is 26.3. The van der Waals surface area contributed by atoms with E-state index >= 15 is 0 Å². The van der Waals surface area contributed by atoms with E-state index in [1.165, 1.54) is 18.2 Å². The van der Waals surface area contributed by atoms with Gasteiger partial charge in [-0.25, -0.2) is 4.98 Å². The first-order valence-electron chi connectivity index (χ1n) is 13.3. The Morgan fingerprint density at radius 2 is 1.21 bits per heavy atom. The number of hydrogen-bond acceptors (Lipinski definition) is 13. The van der Waals surface area contributed by atoms with Gasteiger partial charge < -0.3 is 10.8 Å². The highest BCUT2D eigenvalue weighted by atomic mass is 32.2. The lowest BCUT2D eigenvalue weighted by atomic mass is 10.1. The number of benzene rings is 5. The monoisotopic (exact) mass is 708 g/mol. The third kappa shape index (κ3) is 6.28. The second-order valence-electron chi connectivity index (χ2n) is 10.2. The lowest BCUT2D eigenvalue weighted by Crippen LogP contribution is -2.04. The Morgan fingerprint density at radius 1 is 0.583 bits per heavy atom. The van der Waals surface area contributed by atoms with Crippen molar-refractivity contribution in [2.45, 2.75) is 14.7 Å². The first kappa shape index (κ1) is 32.5. The fourth-order valence-electron chi connectivity index (χ4n) is 4.87. The normalized spacial score (nSPS) is 13.0. The number of hydrogen-bond donors (Lipinski definition) is 5. The van der Waals surface area contributed by atoms with Crippen LogP contribution in [-0.4, -0.2) is 49.0 Å². The van der Waals surface area contributed by atoms with Crippen molar-refractivity contribution < 1.29 is 44.0 Å². The van der Waals surface area contributed by atoms with Gasteiger partial charge in [-0.3, -0.25) is 13.7 Å². The van der Waals surface area contributed by atoms with Crippen LogP contribution in [0.1, 0.15) is 0 Å². The van der Waals surface area contributed by atoms with Crippen LogP contribution in [0.2, 0.25) is 0 Å². The number of anilines is 1. The maximum atomic E-state index is 12.3. The standard InChI is InChI=1S/C29H20N6O10S3/c30-22-13-20-17(9-25(22)47(40,41)42)10-26(48(43,44)45)28(29(20)36)35-33-23-7-8-24(21-12-18(46(37,38)39)5-6-19(21)23)32-34-27-11-15-3-1-2-4-16(15)14-31-27/h1-14,36H,30H2,(H,37,38,39)(H,40,41,42)(H,43,44,45). The predicted molar refractivity (Wildman–Crippen MR) is 174 cm³/mol. The van der Waals surface area contributed by atoms with Gasteiger partial charge >= 0.3 is 0 Å². The third-order valence-corrected chi connectivity index (χ3v) is 9.74. The van der Waals surface area contributed by atoms with E-state index in [1.54, 1.807) is 12.3 Å². The van der Waals surface area contributed by atoms with Crippen molar-refractivity contribution in [3.05, 3.63) is 85.1 Å². The van der Waals surface area contributed by atoms with Crippen molar-refractivity contribution in [2.24, 2.45) is 20.5 Å². The summed E-state index contributed by atoms with van der Waals surface area (Å²) in [6.07, 6.45) is 1.60. The molecule has 0 amide bonds. The predicted octanol–water partition coefficient (Wildman–Crippen LogP) is 6.40. The summed E-state index contributed by atoms with van der Waals surface area (Å²) in [6.45, 7) is 0. The first-order valence-corrected chi connectivity index (χ1v) is 17.6. The Hall–Kier alpha value is -5.44. The molecule has 16 nitrogen and oxygen atoms in total. The van der Waals surface area contributed by atoms with Gasteiger partial charge in [0.05, 0.1) is 22.0 Å². The molecule has 6 aromatic rings. The van der Waals surface area contributed by atoms with E-state index < -0.39 is 62.2 Å². The molecule has 0 aliphatic rings. The molecule has 0 radical (unpaired) electrons. The zero-order chi connectivity index (χ0) is 34.6. The van der Waals surface area contributed by atoms with Gasteiger partial charge in [0, 0.05) is 27.7 Å². The molecular formula is C29H20N6O10S3. The Balaban J connectivity index is 1.50. The average Bonchev–Trinajstić information content (AvgIpc) is 3.01.